The minimum Gasteiger partial charge on any atom is -0.309 e. The van der Waals surface area contributed by atoms with Crippen LogP contribution in [-0.2, 0) is 0 Å². The Morgan fingerprint density at radius 2 is 0.652 bits per heavy atom. The number of nitrogens with zero attached hydrogens (tertiary/aromatic N) is 5. The van der Waals surface area contributed by atoms with Crippen molar-refractivity contribution in [3.05, 3.63) is 248 Å². The predicted molar refractivity (Wildman–Crippen MR) is 285 cm³/mol. The normalized spacial score (nSPS) is 11.3. The Hall–Kier alpha value is -9.06. The summed E-state index contributed by atoms with van der Waals surface area (Å²) in [7, 11) is 0. The van der Waals surface area contributed by atoms with Crippen LogP contribution in [0.25, 0.3) is 118 Å². The summed E-state index contributed by atoms with van der Waals surface area (Å²) >= 11 is 0. The van der Waals surface area contributed by atoms with Crippen LogP contribution in [0.3, 0.4) is 0 Å². The second kappa shape index (κ2) is 17.6. The van der Waals surface area contributed by atoms with E-state index in [-0.39, 0.29) is 0 Å². The fraction of sp³-hybridized carbons (Fsp3) is 0.0312. The van der Waals surface area contributed by atoms with Gasteiger partial charge < -0.3 is 4.57 Å². The SMILES string of the molecule is Cc1ccccc1-c1ccc2c(c1)c1cc(-c3ccccc3C)ccc1n2-c1ccc(-c2nc(-c3ccccc3)cc(-c3ccccc3)n2)cc1-c1cc(-c2ccccc2)nc(-c2ccccc2)n1. The average Bonchev–Trinajstić information content (AvgIpc) is 3.74. The molecular formula is C64H45N5. The molecule has 5 heteroatoms. The van der Waals surface area contributed by atoms with Crippen molar-refractivity contribution in [2.24, 2.45) is 0 Å². The van der Waals surface area contributed by atoms with Crippen LogP contribution in [0.1, 0.15) is 11.1 Å². The minimum absolute atomic E-state index is 0.622. The van der Waals surface area contributed by atoms with E-state index < -0.39 is 0 Å². The molecule has 12 aromatic rings. The van der Waals surface area contributed by atoms with E-state index in [0.717, 1.165) is 72.9 Å². The van der Waals surface area contributed by atoms with Gasteiger partial charge in [-0.1, -0.05) is 182 Å². The summed E-state index contributed by atoms with van der Waals surface area (Å²) in [4.78, 5) is 21.3. The molecule has 9 aromatic carbocycles. The van der Waals surface area contributed by atoms with Gasteiger partial charge in [-0.2, -0.15) is 0 Å². The van der Waals surface area contributed by atoms with Gasteiger partial charge in [-0.15, -0.1) is 0 Å². The molecule has 0 saturated carbocycles. The molecule has 0 spiro atoms. The quantitative estimate of drug-likeness (QED) is 0.145. The van der Waals surface area contributed by atoms with E-state index in [1.54, 1.807) is 0 Å². The molecule has 0 unspecified atom stereocenters. The summed E-state index contributed by atoms with van der Waals surface area (Å²) in [5, 5.41) is 2.33. The van der Waals surface area contributed by atoms with E-state index in [2.05, 4.69) is 219 Å². The van der Waals surface area contributed by atoms with Gasteiger partial charge in [0.1, 0.15) is 0 Å². The summed E-state index contributed by atoms with van der Waals surface area (Å²) in [6.07, 6.45) is 0. The molecule has 326 valence electrons. The third-order valence-corrected chi connectivity index (χ3v) is 13.1. The first kappa shape index (κ1) is 41.4. The van der Waals surface area contributed by atoms with Gasteiger partial charge in [0.15, 0.2) is 11.6 Å². The number of hydrogen-bond donors (Lipinski definition) is 0. The summed E-state index contributed by atoms with van der Waals surface area (Å²) in [6.45, 7) is 4.37. The van der Waals surface area contributed by atoms with Crippen molar-refractivity contribution in [2.45, 2.75) is 13.8 Å². The van der Waals surface area contributed by atoms with Gasteiger partial charge in [-0.25, -0.2) is 19.9 Å². The summed E-state index contributed by atoms with van der Waals surface area (Å²) in [5.41, 5.74) is 19.5. The Bertz CT molecular complexity index is 3620. The van der Waals surface area contributed by atoms with Gasteiger partial charge in [0, 0.05) is 44.2 Å². The molecule has 12 rings (SSSR count). The Balaban J connectivity index is 1.16. The Labute approximate surface area is 401 Å². The molecular weight excluding hydrogens is 839 g/mol. The van der Waals surface area contributed by atoms with Gasteiger partial charge in [0.05, 0.1) is 39.5 Å². The number of aromatic nitrogens is 5. The maximum Gasteiger partial charge on any atom is 0.160 e. The van der Waals surface area contributed by atoms with Crippen molar-refractivity contribution in [3.8, 4) is 95.7 Å². The van der Waals surface area contributed by atoms with Crippen LogP contribution in [0.15, 0.2) is 237 Å². The van der Waals surface area contributed by atoms with Crippen LogP contribution >= 0.6 is 0 Å². The van der Waals surface area contributed by atoms with E-state index in [4.69, 9.17) is 19.9 Å². The summed E-state index contributed by atoms with van der Waals surface area (Å²) in [5.74, 6) is 1.27. The summed E-state index contributed by atoms with van der Waals surface area (Å²) < 4.78 is 2.41. The lowest BCUT2D eigenvalue weighted by atomic mass is 9.97. The molecule has 3 aromatic heterocycles. The first-order valence-electron chi connectivity index (χ1n) is 23.4. The Kier molecular flexibility index (Phi) is 10.6. The molecule has 0 aliphatic heterocycles. The van der Waals surface area contributed by atoms with Gasteiger partial charge >= 0.3 is 0 Å². The second-order valence-electron chi connectivity index (χ2n) is 17.5. The number of benzene rings is 9. The number of aryl methyl sites for hydroxylation is 2. The average molecular weight is 884 g/mol. The fourth-order valence-corrected chi connectivity index (χ4v) is 9.64. The van der Waals surface area contributed by atoms with Crippen molar-refractivity contribution in [1.29, 1.82) is 0 Å². The highest BCUT2D eigenvalue weighted by Crippen LogP contribution is 2.42. The maximum absolute atomic E-state index is 5.46. The van der Waals surface area contributed by atoms with Crippen LogP contribution < -0.4 is 0 Å². The number of rotatable bonds is 9. The first-order valence-corrected chi connectivity index (χ1v) is 23.4. The highest BCUT2D eigenvalue weighted by molar-refractivity contribution is 6.12. The van der Waals surface area contributed by atoms with Crippen LogP contribution in [0.5, 0.6) is 0 Å². The largest absolute Gasteiger partial charge is 0.309 e. The van der Waals surface area contributed by atoms with E-state index in [9.17, 15) is 0 Å². The topological polar surface area (TPSA) is 56.5 Å². The third kappa shape index (κ3) is 7.86. The van der Waals surface area contributed by atoms with Crippen molar-refractivity contribution in [2.75, 3.05) is 0 Å². The zero-order chi connectivity index (χ0) is 46.3. The van der Waals surface area contributed by atoms with E-state index >= 15 is 0 Å². The Morgan fingerprint density at radius 1 is 0.275 bits per heavy atom. The van der Waals surface area contributed by atoms with E-state index in [0.29, 0.717) is 11.6 Å². The molecule has 3 heterocycles. The van der Waals surface area contributed by atoms with Gasteiger partial charge in [-0.3, -0.25) is 0 Å². The van der Waals surface area contributed by atoms with Gasteiger partial charge in [0.2, 0.25) is 0 Å². The van der Waals surface area contributed by atoms with Crippen molar-refractivity contribution in [3.63, 3.8) is 0 Å². The summed E-state index contributed by atoms with van der Waals surface area (Å²) in [6, 6.07) is 83.2. The smallest absolute Gasteiger partial charge is 0.160 e. The molecule has 0 fully saturated rings. The predicted octanol–water partition coefficient (Wildman–Crippen LogP) is 16.3. The standard InChI is InChI=1S/C64H45N5/c1-42-19-15-17-29-51(42)48-31-34-60-53(37-48)54-38-49(52-30-18-16-20-43(52)2)32-35-61(54)69(60)62-36-33-50(64-66-56(44-21-7-3-8-22-44)40-57(67-64)45-23-9-4-10-24-45)39-55(62)59-41-58(46-25-11-5-12-26-46)65-63(68-59)47-27-13-6-14-28-47/h3-41H,1-2H3. The highest BCUT2D eigenvalue weighted by atomic mass is 15.0. The van der Waals surface area contributed by atoms with Crippen LogP contribution in [0.4, 0.5) is 0 Å². The number of fused-ring (bicyclic) bond motifs is 3. The highest BCUT2D eigenvalue weighted by Gasteiger charge is 2.22. The zero-order valence-electron chi connectivity index (χ0n) is 38.3. The van der Waals surface area contributed by atoms with Gasteiger partial charge in [-0.05, 0) is 102 Å². The molecule has 0 saturated heterocycles. The lowest BCUT2D eigenvalue weighted by Crippen LogP contribution is -2.02. The fourth-order valence-electron chi connectivity index (χ4n) is 9.64. The lowest BCUT2D eigenvalue weighted by molar-refractivity contribution is 1.14. The minimum atomic E-state index is 0.622. The molecule has 0 amide bonds. The van der Waals surface area contributed by atoms with Crippen molar-refractivity contribution < 1.29 is 0 Å². The monoisotopic (exact) mass is 883 g/mol. The molecule has 5 nitrogen and oxygen atoms in total. The first-order chi connectivity index (χ1) is 34.0. The van der Waals surface area contributed by atoms with E-state index in [1.165, 1.54) is 44.2 Å². The van der Waals surface area contributed by atoms with Crippen LogP contribution in [-0.4, -0.2) is 24.5 Å². The molecule has 0 radical (unpaired) electrons. The second-order valence-corrected chi connectivity index (χ2v) is 17.5. The third-order valence-electron chi connectivity index (χ3n) is 13.1. The molecule has 0 aliphatic carbocycles. The maximum atomic E-state index is 5.46. The molecule has 0 atom stereocenters. The van der Waals surface area contributed by atoms with Crippen LogP contribution in [0.2, 0.25) is 0 Å². The van der Waals surface area contributed by atoms with E-state index in [1.807, 2.05) is 36.4 Å². The van der Waals surface area contributed by atoms with Crippen molar-refractivity contribution in [1.82, 2.24) is 24.5 Å². The molecule has 0 bridgehead atoms. The lowest BCUT2D eigenvalue weighted by Gasteiger charge is -2.17. The van der Waals surface area contributed by atoms with Crippen molar-refractivity contribution >= 4 is 21.8 Å². The van der Waals surface area contributed by atoms with Crippen LogP contribution in [0, 0.1) is 13.8 Å². The Morgan fingerprint density at radius 3 is 1.12 bits per heavy atom. The number of hydrogen-bond acceptors (Lipinski definition) is 4. The molecule has 0 aliphatic rings. The molecule has 0 N–H and O–H groups in total. The molecule has 69 heavy (non-hydrogen) atoms. The van der Waals surface area contributed by atoms with Gasteiger partial charge in [0.25, 0.3) is 0 Å². The zero-order valence-corrected chi connectivity index (χ0v) is 38.3.